The molecule has 17 heavy (non-hydrogen) atoms. The van der Waals surface area contributed by atoms with E-state index in [9.17, 15) is 4.79 Å². The Hall–Kier alpha value is -0.730. The number of halogens is 2. The topological polar surface area (TPSA) is 29.1 Å². The summed E-state index contributed by atoms with van der Waals surface area (Å²) in [6.07, 6.45) is 0.749. The van der Waals surface area contributed by atoms with Gasteiger partial charge in [0.25, 0.3) is 0 Å². The van der Waals surface area contributed by atoms with Gasteiger partial charge in [0.1, 0.15) is 0 Å². The molecule has 0 saturated carbocycles. The molecule has 0 heterocycles. The Morgan fingerprint density at radius 1 is 1.24 bits per heavy atom. The first kappa shape index (κ1) is 14.3. The van der Waals surface area contributed by atoms with Gasteiger partial charge in [0.15, 0.2) is 0 Å². The molecular formula is C13H17Cl2NO. The summed E-state index contributed by atoms with van der Waals surface area (Å²) in [6.45, 7) is 6.28. The van der Waals surface area contributed by atoms with Crippen LogP contribution in [0.4, 0.5) is 0 Å². The molecule has 2 nitrogen and oxygen atoms in total. The Kier molecular flexibility index (Phi) is 4.84. The molecule has 0 aliphatic heterocycles. The molecule has 0 saturated heterocycles. The predicted octanol–water partition coefficient (Wildman–Crippen LogP) is 3.70. The van der Waals surface area contributed by atoms with Crippen LogP contribution in [0, 0.1) is 5.41 Å². The van der Waals surface area contributed by atoms with Gasteiger partial charge in [-0.15, -0.1) is 0 Å². The Morgan fingerprint density at radius 3 is 2.41 bits per heavy atom. The van der Waals surface area contributed by atoms with Crippen LogP contribution in [0.15, 0.2) is 18.2 Å². The Bertz CT molecular complexity index is 410. The molecule has 4 heteroatoms. The van der Waals surface area contributed by atoms with E-state index in [1.165, 1.54) is 0 Å². The molecule has 0 aromatic heterocycles. The van der Waals surface area contributed by atoms with Gasteiger partial charge in [-0.05, 0) is 24.1 Å². The summed E-state index contributed by atoms with van der Waals surface area (Å²) < 4.78 is 0. The molecule has 94 valence electrons. The first-order valence-corrected chi connectivity index (χ1v) is 6.28. The third-order valence-corrected chi connectivity index (χ3v) is 3.10. The van der Waals surface area contributed by atoms with Crippen molar-refractivity contribution in [3.8, 4) is 0 Å². The van der Waals surface area contributed by atoms with E-state index in [1.54, 1.807) is 6.07 Å². The van der Waals surface area contributed by atoms with Crippen molar-refractivity contribution in [3.63, 3.8) is 0 Å². The van der Waals surface area contributed by atoms with Crippen LogP contribution in [0.5, 0.6) is 0 Å². The molecule has 0 aliphatic rings. The minimum atomic E-state index is -0.350. The van der Waals surface area contributed by atoms with Gasteiger partial charge in [-0.25, -0.2) is 0 Å². The molecular weight excluding hydrogens is 257 g/mol. The second kappa shape index (κ2) is 5.74. The van der Waals surface area contributed by atoms with Gasteiger partial charge in [-0.1, -0.05) is 50.0 Å². The van der Waals surface area contributed by atoms with Gasteiger partial charge >= 0.3 is 0 Å². The van der Waals surface area contributed by atoms with Crippen molar-refractivity contribution in [1.29, 1.82) is 0 Å². The van der Waals surface area contributed by atoms with E-state index >= 15 is 0 Å². The number of rotatable bonds is 3. The predicted molar refractivity (Wildman–Crippen MR) is 72.6 cm³/mol. The quantitative estimate of drug-likeness (QED) is 0.894. The molecule has 1 aromatic rings. The van der Waals surface area contributed by atoms with Crippen LogP contribution in [0.25, 0.3) is 0 Å². The van der Waals surface area contributed by atoms with Crippen LogP contribution < -0.4 is 5.32 Å². The van der Waals surface area contributed by atoms with Crippen LogP contribution in [-0.4, -0.2) is 12.5 Å². The Balaban J connectivity index is 2.46. The Morgan fingerprint density at radius 2 is 1.88 bits per heavy atom. The van der Waals surface area contributed by atoms with Crippen LogP contribution in [0.2, 0.25) is 10.0 Å². The summed E-state index contributed by atoms with van der Waals surface area (Å²) in [5, 5.41) is 3.99. The average Bonchev–Trinajstić information content (AvgIpc) is 2.22. The largest absolute Gasteiger partial charge is 0.355 e. The summed E-state index contributed by atoms with van der Waals surface area (Å²) in [7, 11) is 0. The summed E-state index contributed by atoms with van der Waals surface area (Å²) in [5.41, 5.74) is 0.714. The van der Waals surface area contributed by atoms with Gasteiger partial charge in [-0.3, -0.25) is 4.79 Å². The van der Waals surface area contributed by atoms with Gasteiger partial charge in [-0.2, -0.15) is 0 Å². The molecule has 1 amide bonds. The van der Waals surface area contributed by atoms with E-state index in [0.29, 0.717) is 16.6 Å². The van der Waals surface area contributed by atoms with Gasteiger partial charge in [0.05, 0.1) is 10.0 Å². The lowest BCUT2D eigenvalue weighted by atomic mass is 9.95. The van der Waals surface area contributed by atoms with Gasteiger partial charge in [0, 0.05) is 12.0 Å². The van der Waals surface area contributed by atoms with E-state index in [1.807, 2.05) is 32.9 Å². The summed E-state index contributed by atoms with van der Waals surface area (Å²) in [5.74, 6) is 0.0533. The zero-order chi connectivity index (χ0) is 13.1. The van der Waals surface area contributed by atoms with Crippen LogP contribution in [0.1, 0.15) is 26.3 Å². The maximum absolute atomic E-state index is 11.6. The SMILES string of the molecule is CC(C)(C)C(=O)NCCc1ccc(Cl)c(Cl)c1. The maximum Gasteiger partial charge on any atom is 0.225 e. The molecule has 0 unspecified atom stereocenters. The van der Waals surface area contributed by atoms with Gasteiger partial charge in [0.2, 0.25) is 5.91 Å². The fourth-order valence-electron chi connectivity index (χ4n) is 1.28. The summed E-state index contributed by atoms with van der Waals surface area (Å²) in [6, 6.07) is 5.51. The van der Waals surface area contributed by atoms with Crippen LogP contribution in [-0.2, 0) is 11.2 Å². The molecule has 1 rings (SSSR count). The van der Waals surface area contributed by atoms with Crippen molar-refractivity contribution in [2.24, 2.45) is 5.41 Å². The first-order valence-electron chi connectivity index (χ1n) is 5.53. The Labute approximate surface area is 112 Å². The first-order chi connectivity index (χ1) is 7.80. The lowest BCUT2D eigenvalue weighted by Crippen LogP contribution is -2.35. The lowest BCUT2D eigenvalue weighted by molar-refractivity contribution is -0.128. The number of hydrogen-bond donors (Lipinski definition) is 1. The standard InChI is InChI=1S/C13H17Cl2NO/c1-13(2,3)12(17)16-7-6-9-4-5-10(14)11(15)8-9/h4-5,8H,6-7H2,1-3H3,(H,16,17). The number of amides is 1. The molecule has 0 bridgehead atoms. The molecule has 0 spiro atoms. The fraction of sp³-hybridized carbons (Fsp3) is 0.462. The average molecular weight is 274 g/mol. The van der Waals surface area contributed by atoms with Crippen molar-refractivity contribution >= 4 is 29.1 Å². The highest BCUT2D eigenvalue weighted by Gasteiger charge is 2.20. The van der Waals surface area contributed by atoms with E-state index in [4.69, 9.17) is 23.2 Å². The molecule has 1 N–H and O–H groups in total. The second-order valence-corrected chi connectivity index (χ2v) is 5.82. The highest BCUT2D eigenvalue weighted by Crippen LogP contribution is 2.22. The number of hydrogen-bond acceptors (Lipinski definition) is 1. The number of carbonyl (C=O) groups is 1. The summed E-state index contributed by atoms with van der Waals surface area (Å²) >= 11 is 11.7. The molecule has 0 aliphatic carbocycles. The zero-order valence-electron chi connectivity index (χ0n) is 10.3. The lowest BCUT2D eigenvalue weighted by Gasteiger charge is -2.17. The molecule has 1 aromatic carbocycles. The highest BCUT2D eigenvalue weighted by atomic mass is 35.5. The maximum atomic E-state index is 11.6. The summed E-state index contributed by atoms with van der Waals surface area (Å²) in [4.78, 5) is 11.6. The zero-order valence-corrected chi connectivity index (χ0v) is 11.8. The normalized spacial score (nSPS) is 11.4. The third kappa shape index (κ3) is 4.57. The smallest absolute Gasteiger partial charge is 0.225 e. The van der Waals surface area contributed by atoms with E-state index in [-0.39, 0.29) is 11.3 Å². The minimum Gasteiger partial charge on any atom is -0.355 e. The van der Waals surface area contributed by atoms with Crippen molar-refractivity contribution < 1.29 is 4.79 Å². The minimum absolute atomic E-state index is 0.0533. The highest BCUT2D eigenvalue weighted by molar-refractivity contribution is 6.42. The molecule has 0 fully saturated rings. The van der Waals surface area contributed by atoms with E-state index in [2.05, 4.69) is 5.32 Å². The number of carbonyl (C=O) groups excluding carboxylic acids is 1. The molecule has 0 radical (unpaired) electrons. The second-order valence-electron chi connectivity index (χ2n) is 5.00. The van der Waals surface area contributed by atoms with Crippen molar-refractivity contribution in [2.45, 2.75) is 27.2 Å². The van der Waals surface area contributed by atoms with Crippen molar-refractivity contribution in [1.82, 2.24) is 5.32 Å². The molecule has 0 atom stereocenters. The van der Waals surface area contributed by atoms with Crippen LogP contribution >= 0.6 is 23.2 Å². The van der Waals surface area contributed by atoms with E-state index < -0.39 is 0 Å². The number of nitrogens with one attached hydrogen (secondary N) is 1. The monoisotopic (exact) mass is 273 g/mol. The van der Waals surface area contributed by atoms with Crippen molar-refractivity contribution in [3.05, 3.63) is 33.8 Å². The van der Waals surface area contributed by atoms with Crippen molar-refractivity contribution in [2.75, 3.05) is 6.54 Å². The third-order valence-electron chi connectivity index (χ3n) is 2.36. The van der Waals surface area contributed by atoms with Gasteiger partial charge < -0.3 is 5.32 Å². The fourth-order valence-corrected chi connectivity index (χ4v) is 1.60. The van der Waals surface area contributed by atoms with E-state index in [0.717, 1.165) is 12.0 Å². The van der Waals surface area contributed by atoms with Crippen LogP contribution in [0.3, 0.4) is 0 Å². The number of benzene rings is 1.